The molecule has 134 valence electrons. The van der Waals surface area contributed by atoms with Crippen LogP contribution in [0.15, 0.2) is 24.3 Å². The lowest BCUT2D eigenvalue weighted by Crippen LogP contribution is -2.55. The predicted octanol–water partition coefficient (Wildman–Crippen LogP) is 3.10. The molecule has 1 aliphatic carbocycles. The summed E-state index contributed by atoms with van der Waals surface area (Å²) in [6, 6.07) is 4.29. The number of nitrogens with one attached hydrogen (secondary N) is 2. The van der Waals surface area contributed by atoms with Gasteiger partial charge in [-0.3, -0.25) is 0 Å². The van der Waals surface area contributed by atoms with E-state index >= 15 is 0 Å². The summed E-state index contributed by atoms with van der Waals surface area (Å²) in [6.45, 7) is 3.47. The molecule has 0 bridgehead atoms. The summed E-state index contributed by atoms with van der Waals surface area (Å²) in [6.07, 6.45) is -1.96. The fraction of sp³-hybridized carbons (Fsp3) is 0.588. The van der Waals surface area contributed by atoms with Crippen LogP contribution in [-0.2, 0) is 12.6 Å². The summed E-state index contributed by atoms with van der Waals surface area (Å²) < 4.78 is 37.6. The van der Waals surface area contributed by atoms with Crippen LogP contribution in [0.3, 0.4) is 0 Å². The molecule has 7 heteroatoms. The number of alkyl halides is 3. The maximum atomic E-state index is 12.5. The van der Waals surface area contributed by atoms with Gasteiger partial charge in [0, 0.05) is 6.04 Å². The third kappa shape index (κ3) is 4.87. The first-order valence-electron chi connectivity index (χ1n) is 8.00. The summed E-state index contributed by atoms with van der Waals surface area (Å²) in [5.41, 5.74) is -0.603. The molecule has 0 saturated heterocycles. The maximum absolute atomic E-state index is 12.5. The van der Waals surface area contributed by atoms with Gasteiger partial charge in [0.25, 0.3) is 0 Å². The van der Waals surface area contributed by atoms with Crippen molar-refractivity contribution in [1.82, 2.24) is 10.6 Å². The van der Waals surface area contributed by atoms with Gasteiger partial charge in [-0.25, -0.2) is 4.79 Å². The van der Waals surface area contributed by atoms with Crippen LogP contribution in [0.5, 0.6) is 0 Å². The Bertz CT molecular complexity index is 570. The molecule has 1 aliphatic rings. The first-order chi connectivity index (χ1) is 11.1. The normalized spacial score (nSPS) is 18.6. The van der Waals surface area contributed by atoms with E-state index in [9.17, 15) is 23.1 Å². The smallest absolute Gasteiger partial charge is 0.394 e. The van der Waals surface area contributed by atoms with Crippen LogP contribution in [-0.4, -0.2) is 29.3 Å². The monoisotopic (exact) mass is 344 g/mol. The number of halogens is 3. The van der Waals surface area contributed by atoms with Crippen molar-refractivity contribution in [2.45, 2.75) is 50.9 Å². The minimum atomic E-state index is -4.35. The number of rotatable bonds is 6. The summed E-state index contributed by atoms with van der Waals surface area (Å²) >= 11 is 0. The van der Waals surface area contributed by atoms with Gasteiger partial charge in [-0.2, -0.15) is 13.2 Å². The zero-order valence-corrected chi connectivity index (χ0v) is 13.8. The molecule has 1 fully saturated rings. The minimum Gasteiger partial charge on any atom is -0.394 e. The van der Waals surface area contributed by atoms with Crippen LogP contribution in [0.1, 0.15) is 37.8 Å². The zero-order valence-electron chi connectivity index (χ0n) is 13.8. The molecule has 0 radical (unpaired) electrons. The predicted molar refractivity (Wildman–Crippen MR) is 84.5 cm³/mol. The number of amides is 2. The molecule has 2 rings (SSSR count). The van der Waals surface area contributed by atoms with E-state index in [0.717, 1.165) is 25.0 Å². The Morgan fingerprint density at radius 3 is 2.33 bits per heavy atom. The number of urea groups is 1. The van der Waals surface area contributed by atoms with E-state index in [-0.39, 0.29) is 18.7 Å². The second-order valence-electron chi connectivity index (χ2n) is 6.75. The van der Waals surface area contributed by atoms with Gasteiger partial charge in [0.05, 0.1) is 17.7 Å². The van der Waals surface area contributed by atoms with Gasteiger partial charge in [0.15, 0.2) is 0 Å². The Labute approximate surface area is 139 Å². The number of carbonyl (C=O) groups is 1. The van der Waals surface area contributed by atoms with Gasteiger partial charge in [-0.05, 0) is 56.7 Å². The first kappa shape index (κ1) is 18.6. The summed E-state index contributed by atoms with van der Waals surface area (Å²) in [7, 11) is 0. The van der Waals surface area contributed by atoms with Crippen LogP contribution in [0, 0.1) is 5.92 Å². The third-order valence-corrected chi connectivity index (χ3v) is 4.41. The molecule has 3 N–H and O–H groups in total. The lowest BCUT2D eigenvalue weighted by molar-refractivity contribution is -0.137. The molecule has 2 unspecified atom stereocenters. The van der Waals surface area contributed by atoms with Crippen molar-refractivity contribution in [3.8, 4) is 0 Å². The SMILES string of the molecule is CC(Cc1ccc(C(F)(F)F)cc1)NC(=O)NC(C)(CO)C1CC1. The quantitative estimate of drug-likeness (QED) is 0.743. The number of hydrogen-bond donors (Lipinski definition) is 3. The van der Waals surface area contributed by atoms with Gasteiger partial charge >= 0.3 is 12.2 Å². The van der Waals surface area contributed by atoms with E-state index in [1.165, 1.54) is 12.1 Å². The van der Waals surface area contributed by atoms with E-state index in [1.807, 2.05) is 6.92 Å². The van der Waals surface area contributed by atoms with Gasteiger partial charge in [-0.15, -0.1) is 0 Å². The molecule has 0 spiro atoms. The van der Waals surface area contributed by atoms with Crippen molar-refractivity contribution in [2.24, 2.45) is 5.92 Å². The fourth-order valence-corrected chi connectivity index (χ4v) is 2.74. The minimum absolute atomic E-state index is 0.127. The number of benzene rings is 1. The molecular formula is C17H23F3N2O2. The topological polar surface area (TPSA) is 61.4 Å². The average molecular weight is 344 g/mol. The van der Waals surface area contributed by atoms with Crippen LogP contribution < -0.4 is 10.6 Å². The Morgan fingerprint density at radius 2 is 1.88 bits per heavy atom. The standard InChI is InChI=1S/C17H23F3N2O2/c1-11(9-12-3-5-14(6-4-12)17(18,19)20)21-15(24)22-16(2,10-23)13-7-8-13/h3-6,11,13,23H,7-10H2,1-2H3,(H2,21,22,24). The van der Waals surface area contributed by atoms with Crippen LogP contribution in [0.4, 0.5) is 18.0 Å². The van der Waals surface area contributed by atoms with Crippen molar-refractivity contribution in [3.63, 3.8) is 0 Å². The van der Waals surface area contributed by atoms with E-state index in [1.54, 1.807) is 6.92 Å². The molecule has 0 aliphatic heterocycles. The van der Waals surface area contributed by atoms with Gasteiger partial charge in [0.2, 0.25) is 0 Å². The van der Waals surface area contributed by atoms with E-state index in [2.05, 4.69) is 10.6 Å². The number of carbonyl (C=O) groups excluding carboxylic acids is 1. The third-order valence-electron chi connectivity index (χ3n) is 4.41. The second kappa shape index (κ2) is 7.01. The van der Waals surface area contributed by atoms with Crippen molar-refractivity contribution in [3.05, 3.63) is 35.4 Å². The molecule has 1 aromatic rings. The molecule has 2 amide bonds. The van der Waals surface area contributed by atoms with Crippen molar-refractivity contribution >= 4 is 6.03 Å². The molecule has 1 aromatic carbocycles. The van der Waals surface area contributed by atoms with Crippen LogP contribution >= 0.6 is 0 Å². The summed E-state index contributed by atoms with van der Waals surface area (Å²) in [4.78, 5) is 12.1. The average Bonchev–Trinajstić information content (AvgIpc) is 3.31. The number of hydrogen-bond acceptors (Lipinski definition) is 2. The van der Waals surface area contributed by atoms with Crippen molar-refractivity contribution in [2.75, 3.05) is 6.61 Å². The van der Waals surface area contributed by atoms with Gasteiger partial charge in [0.1, 0.15) is 0 Å². The van der Waals surface area contributed by atoms with Crippen LogP contribution in [0.25, 0.3) is 0 Å². The highest BCUT2D eigenvalue weighted by Crippen LogP contribution is 2.39. The molecule has 2 atom stereocenters. The Morgan fingerprint density at radius 1 is 1.29 bits per heavy atom. The highest BCUT2D eigenvalue weighted by molar-refractivity contribution is 5.75. The van der Waals surface area contributed by atoms with Gasteiger partial charge in [-0.1, -0.05) is 12.1 Å². The lowest BCUT2D eigenvalue weighted by Gasteiger charge is -2.29. The van der Waals surface area contributed by atoms with Crippen molar-refractivity contribution < 1.29 is 23.1 Å². The highest BCUT2D eigenvalue weighted by atomic mass is 19.4. The molecule has 0 aromatic heterocycles. The number of aliphatic hydroxyl groups excluding tert-OH is 1. The lowest BCUT2D eigenvalue weighted by atomic mass is 9.97. The van der Waals surface area contributed by atoms with E-state index < -0.39 is 17.3 Å². The molecule has 0 heterocycles. The highest BCUT2D eigenvalue weighted by Gasteiger charge is 2.42. The summed E-state index contributed by atoms with van der Waals surface area (Å²) in [5, 5.41) is 15.0. The largest absolute Gasteiger partial charge is 0.416 e. The van der Waals surface area contributed by atoms with Crippen LogP contribution in [0.2, 0.25) is 0 Å². The molecule has 1 saturated carbocycles. The number of aliphatic hydroxyl groups is 1. The Hall–Kier alpha value is -1.76. The Balaban J connectivity index is 1.86. The van der Waals surface area contributed by atoms with Crippen molar-refractivity contribution in [1.29, 1.82) is 0 Å². The van der Waals surface area contributed by atoms with E-state index in [4.69, 9.17) is 0 Å². The van der Waals surface area contributed by atoms with E-state index in [0.29, 0.717) is 17.9 Å². The Kier molecular flexibility index (Phi) is 5.42. The fourth-order valence-electron chi connectivity index (χ4n) is 2.74. The molecule has 24 heavy (non-hydrogen) atoms. The molecular weight excluding hydrogens is 321 g/mol. The molecule has 4 nitrogen and oxygen atoms in total. The van der Waals surface area contributed by atoms with Gasteiger partial charge < -0.3 is 15.7 Å². The second-order valence-corrected chi connectivity index (χ2v) is 6.75. The first-order valence-corrected chi connectivity index (χ1v) is 8.00. The summed E-state index contributed by atoms with van der Waals surface area (Å²) in [5.74, 6) is 0.290. The zero-order chi connectivity index (χ0) is 18.0. The maximum Gasteiger partial charge on any atom is 0.416 e.